The van der Waals surface area contributed by atoms with E-state index in [-0.39, 0.29) is 18.2 Å². The van der Waals surface area contributed by atoms with Crippen LogP contribution >= 0.6 is 12.2 Å². The standard InChI is InChI=1S/C26H25N5OS/c1-18(2)32-20-13-11-19(12-14-20)31-25(24(29-26(31)33)21-8-3-5-15-27-21)22-9-7-17-30(22)23-10-4-6-16-28-23/h3-18,24-25H,1-2H3,(H,29,33)/t24-,25+/m1/s1. The van der Waals surface area contributed by atoms with E-state index in [0.717, 1.165) is 28.6 Å². The summed E-state index contributed by atoms with van der Waals surface area (Å²) < 4.78 is 7.95. The number of nitrogens with one attached hydrogen (secondary N) is 1. The van der Waals surface area contributed by atoms with Gasteiger partial charge in [-0.3, -0.25) is 4.98 Å². The second-order valence-corrected chi connectivity index (χ2v) is 8.53. The molecule has 1 fully saturated rings. The lowest BCUT2D eigenvalue weighted by atomic mass is 10.0. The van der Waals surface area contributed by atoms with Gasteiger partial charge in [0.2, 0.25) is 0 Å². The van der Waals surface area contributed by atoms with Gasteiger partial charge in [0.05, 0.1) is 17.8 Å². The molecule has 0 amide bonds. The molecule has 0 unspecified atom stereocenters. The van der Waals surface area contributed by atoms with Crippen LogP contribution in [0.25, 0.3) is 5.82 Å². The normalized spacial score (nSPS) is 17.9. The third-order valence-corrected chi connectivity index (χ3v) is 5.88. The molecule has 0 aliphatic carbocycles. The van der Waals surface area contributed by atoms with Crippen molar-refractivity contribution in [2.24, 2.45) is 0 Å². The van der Waals surface area contributed by atoms with Crippen LogP contribution in [0.15, 0.2) is 91.4 Å². The van der Waals surface area contributed by atoms with Gasteiger partial charge in [-0.15, -0.1) is 0 Å². The van der Waals surface area contributed by atoms with Crippen LogP contribution in [0.5, 0.6) is 5.75 Å². The minimum atomic E-state index is -0.124. The highest BCUT2D eigenvalue weighted by Gasteiger charge is 2.42. The summed E-state index contributed by atoms with van der Waals surface area (Å²) in [4.78, 5) is 11.4. The van der Waals surface area contributed by atoms with E-state index >= 15 is 0 Å². The monoisotopic (exact) mass is 455 g/mol. The van der Waals surface area contributed by atoms with Crippen LogP contribution in [-0.2, 0) is 0 Å². The molecule has 5 rings (SSSR count). The number of hydrogen-bond donors (Lipinski definition) is 1. The Bertz CT molecular complexity index is 1220. The van der Waals surface area contributed by atoms with Crippen LogP contribution in [0.2, 0.25) is 0 Å². The summed E-state index contributed by atoms with van der Waals surface area (Å²) in [5.41, 5.74) is 2.99. The molecule has 3 aromatic heterocycles. The molecule has 7 heteroatoms. The molecule has 0 radical (unpaired) electrons. The van der Waals surface area contributed by atoms with Crippen LogP contribution in [0.4, 0.5) is 5.69 Å². The van der Waals surface area contributed by atoms with Gasteiger partial charge in [0, 0.05) is 30.0 Å². The highest BCUT2D eigenvalue weighted by Crippen LogP contribution is 2.42. The zero-order valence-electron chi connectivity index (χ0n) is 18.5. The summed E-state index contributed by atoms with van der Waals surface area (Å²) in [7, 11) is 0. The van der Waals surface area contributed by atoms with E-state index in [0.29, 0.717) is 5.11 Å². The van der Waals surface area contributed by atoms with Crippen LogP contribution in [0.1, 0.15) is 37.3 Å². The maximum Gasteiger partial charge on any atom is 0.174 e. The average molecular weight is 456 g/mol. The Morgan fingerprint density at radius 3 is 2.33 bits per heavy atom. The first-order valence-electron chi connectivity index (χ1n) is 11.0. The van der Waals surface area contributed by atoms with Crippen molar-refractivity contribution in [2.45, 2.75) is 32.0 Å². The van der Waals surface area contributed by atoms with E-state index in [1.165, 1.54) is 0 Å². The summed E-state index contributed by atoms with van der Waals surface area (Å²) in [6.07, 6.45) is 5.77. The smallest absolute Gasteiger partial charge is 0.174 e. The van der Waals surface area contributed by atoms with Gasteiger partial charge in [0.15, 0.2) is 5.11 Å². The number of hydrogen-bond acceptors (Lipinski definition) is 4. The summed E-state index contributed by atoms with van der Waals surface area (Å²) in [6.45, 7) is 4.04. The van der Waals surface area contributed by atoms with Crippen molar-refractivity contribution in [3.05, 3.63) is 103 Å². The molecule has 1 N–H and O–H groups in total. The Morgan fingerprint density at radius 2 is 1.67 bits per heavy atom. The fraction of sp³-hybridized carbons (Fsp3) is 0.192. The lowest BCUT2D eigenvalue weighted by molar-refractivity contribution is 0.242. The molecular weight excluding hydrogens is 430 g/mol. The quantitative estimate of drug-likeness (QED) is 0.402. The van der Waals surface area contributed by atoms with Crippen LogP contribution in [0, 0.1) is 0 Å². The second kappa shape index (κ2) is 9.03. The van der Waals surface area contributed by atoms with Crippen molar-refractivity contribution < 1.29 is 4.74 Å². The van der Waals surface area contributed by atoms with Crippen LogP contribution < -0.4 is 15.0 Å². The van der Waals surface area contributed by atoms with Crippen molar-refractivity contribution in [2.75, 3.05) is 4.90 Å². The average Bonchev–Trinajstić information content (AvgIpc) is 3.45. The number of rotatable bonds is 6. The van der Waals surface area contributed by atoms with Crippen molar-refractivity contribution in [3.63, 3.8) is 0 Å². The molecule has 1 aliphatic rings. The summed E-state index contributed by atoms with van der Waals surface area (Å²) in [5.74, 6) is 1.69. The van der Waals surface area contributed by atoms with Gasteiger partial charge < -0.3 is 19.5 Å². The molecule has 1 saturated heterocycles. The fourth-order valence-electron chi connectivity index (χ4n) is 4.23. The van der Waals surface area contributed by atoms with Crippen molar-refractivity contribution >= 4 is 23.0 Å². The fourth-order valence-corrected chi connectivity index (χ4v) is 4.58. The molecule has 0 spiro atoms. The Balaban J connectivity index is 1.60. The third-order valence-electron chi connectivity index (χ3n) is 5.56. The Morgan fingerprint density at radius 1 is 0.909 bits per heavy atom. The zero-order valence-corrected chi connectivity index (χ0v) is 19.3. The zero-order chi connectivity index (χ0) is 22.8. The second-order valence-electron chi connectivity index (χ2n) is 8.15. The summed E-state index contributed by atoms with van der Waals surface area (Å²) in [6, 6.07) is 23.9. The van der Waals surface area contributed by atoms with Gasteiger partial charge in [-0.05, 0) is 86.7 Å². The van der Waals surface area contributed by atoms with Crippen molar-refractivity contribution in [1.29, 1.82) is 0 Å². The highest BCUT2D eigenvalue weighted by molar-refractivity contribution is 7.80. The van der Waals surface area contributed by atoms with Crippen molar-refractivity contribution in [3.8, 4) is 11.6 Å². The number of aromatic nitrogens is 3. The van der Waals surface area contributed by atoms with Gasteiger partial charge in [-0.25, -0.2) is 4.98 Å². The SMILES string of the molecule is CC(C)Oc1ccc(N2C(=S)N[C@H](c3ccccn3)[C@@H]2c2cccn2-c2ccccn2)cc1. The lowest BCUT2D eigenvalue weighted by Gasteiger charge is -2.29. The van der Waals surface area contributed by atoms with E-state index in [4.69, 9.17) is 17.0 Å². The molecule has 4 heterocycles. The maximum absolute atomic E-state index is 5.84. The van der Waals surface area contributed by atoms with Gasteiger partial charge in [0.25, 0.3) is 0 Å². The first kappa shape index (κ1) is 21.2. The molecule has 4 aromatic rings. The first-order valence-corrected chi connectivity index (χ1v) is 11.4. The van der Waals surface area contributed by atoms with Crippen LogP contribution in [-0.4, -0.2) is 25.8 Å². The predicted molar refractivity (Wildman–Crippen MR) is 134 cm³/mol. The number of benzene rings is 1. The summed E-state index contributed by atoms with van der Waals surface area (Å²) in [5, 5.41) is 4.17. The third kappa shape index (κ3) is 4.19. The largest absolute Gasteiger partial charge is 0.491 e. The molecular formula is C26H25N5OS. The number of thiocarbonyl (C=S) groups is 1. The number of pyridine rings is 2. The maximum atomic E-state index is 5.84. The predicted octanol–water partition coefficient (Wildman–Crippen LogP) is 5.23. The minimum absolute atomic E-state index is 0.119. The van der Waals surface area contributed by atoms with E-state index in [2.05, 4.69) is 30.8 Å². The Kier molecular flexibility index (Phi) is 5.79. The molecule has 1 aliphatic heterocycles. The minimum Gasteiger partial charge on any atom is -0.491 e. The lowest BCUT2D eigenvalue weighted by Crippen LogP contribution is -2.30. The molecule has 1 aromatic carbocycles. The molecule has 0 bridgehead atoms. The van der Waals surface area contributed by atoms with Gasteiger partial charge >= 0.3 is 0 Å². The Hall–Kier alpha value is -3.71. The number of anilines is 1. The van der Waals surface area contributed by atoms with Gasteiger partial charge in [-0.2, -0.15) is 0 Å². The van der Waals surface area contributed by atoms with Gasteiger partial charge in [0.1, 0.15) is 17.6 Å². The van der Waals surface area contributed by atoms with Gasteiger partial charge in [-0.1, -0.05) is 12.1 Å². The topological polar surface area (TPSA) is 55.2 Å². The molecule has 166 valence electrons. The highest BCUT2D eigenvalue weighted by atomic mass is 32.1. The number of ether oxygens (including phenoxy) is 1. The molecule has 33 heavy (non-hydrogen) atoms. The van der Waals surface area contributed by atoms with E-state index in [1.54, 1.807) is 6.20 Å². The molecule has 6 nitrogen and oxygen atoms in total. The van der Waals surface area contributed by atoms with Crippen molar-refractivity contribution in [1.82, 2.24) is 19.9 Å². The summed E-state index contributed by atoms with van der Waals surface area (Å²) >= 11 is 5.84. The number of nitrogens with zero attached hydrogens (tertiary/aromatic N) is 4. The van der Waals surface area contributed by atoms with Crippen LogP contribution in [0.3, 0.4) is 0 Å². The van der Waals surface area contributed by atoms with E-state index < -0.39 is 0 Å². The van der Waals surface area contributed by atoms with E-state index in [9.17, 15) is 0 Å². The molecule has 2 atom stereocenters. The first-order chi connectivity index (χ1) is 16.1. The molecule has 0 saturated carbocycles. The van der Waals surface area contributed by atoms with E-state index in [1.807, 2.05) is 93.0 Å². The Labute approximate surface area is 198 Å².